The van der Waals surface area contributed by atoms with E-state index >= 15 is 0 Å². The molecule has 0 aliphatic rings. The Labute approximate surface area is 70.3 Å². The molecule has 0 amide bonds. The van der Waals surface area contributed by atoms with E-state index < -0.39 is 0 Å². The van der Waals surface area contributed by atoms with Gasteiger partial charge in [0, 0.05) is 0 Å². The van der Waals surface area contributed by atoms with Crippen LogP contribution in [0.3, 0.4) is 0 Å². The van der Waals surface area contributed by atoms with E-state index in [0.29, 0.717) is 0 Å². The topological polar surface area (TPSA) is 93.5 Å². The van der Waals surface area contributed by atoms with Gasteiger partial charge in [0.25, 0.3) is 0 Å². The molecule has 0 aromatic carbocycles. The van der Waals surface area contributed by atoms with Crippen LogP contribution in [0.1, 0.15) is 26.6 Å². The first kappa shape index (κ1) is 8.63. The summed E-state index contributed by atoms with van der Waals surface area (Å²) in [7, 11) is 0. The number of rotatable bonds is 1. The molecule has 0 fully saturated rings. The Hall–Kier alpha value is -1.46. The number of aromatic nitrogens is 4. The molecule has 1 rings (SSSR count). The Balaban J connectivity index is 3.00. The molecule has 0 aliphatic carbocycles. The van der Waals surface area contributed by atoms with Gasteiger partial charge in [0.1, 0.15) is 0 Å². The minimum atomic E-state index is -0.222. The van der Waals surface area contributed by atoms with Gasteiger partial charge < -0.3 is 5.73 Å². The number of tetrazole rings is 1. The van der Waals surface area contributed by atoms with Gasteiger partial charge in [-0.3, -0.25) is 5.41 Å². The number of nitrogens with one attached hydrogen (secondary N) is 1. The highest BCUT2D eigenvalue weighted by Crippen LogP contribution is 2.08. The molecule has 6 heteroatoms. The summed E-state index contributed by atoms with van der Waals surface area (Å²) in [4.78, 5) is 1.43. The Bertz CT molecular complexity index is 293. The van der Waals surface area contributed by atoms with Crippen molar-refractivity contribution in [2.24, 2.45) is 5.73 Å². The molecule has 3 N–H and O–H groups in total. The molecule has 66 valence electrons. The Kier molecular flexibility index (Phi) is 1.83. The highest BCUT2D eigenvalue weighted by Gasteiger charge is 2.17. The lowest BCUT2D eigenvalue weighted by molar-refractivity contribution is 0.306. The van der Waals surface area contributed by atoms with Gasteiger partial charge >= 0.3 is 0 Å². The van der Waals surface area contributed by atoms with Gasteiger partial charge in [0.15, 0.2) is 5.84 Å². The second-order valence-corrected chi connectivity index (χ2v) is 3.49. The van der Waals surface area contributed by atoms with Gasteiger partial charge in [0.2, 0.25) is 5.82 Å². The second-order valence-electron chi connectivity index (χ2n) is 3.49. The van der Waals surface area contributed by atoms with Gasteiger partial charge in [-0.05, 0) is 26.0 Å². The smallest absolute Gasteiger partial charge is 0.238 e. The molecule has 0 atom stereocenters. The molecule has 1 aromatic rings. The number of nitrogens with two attached hydrogens (primary N) is 1. The van der Waals surface area contributed by atoms with Crippen LogP contribution < -0.4 is 5.73 Å². The maximum Gasteiger partial charge on any atom is 0.238 e. The third kappa shape index (κ3) is 1.58. The van der Waals surface area contributed by atoms with E-state index in [1.807, 2.05) is 20.8 Å². The molecule has 0 saturated heterocycles. The summed E-state index contributed by atoms with van der Waals surface area (Å²) in [5, 5.41) is 18.4. The third-order valence-corrected chi connectivity index (χ3v) is 1.25. The first-order valence-electron chi connectivity index (χ1n) is 3.56. The van der Waals surface area contributed by atoms with Crippen molar-refractivity contribution in [2.45, 2.75) is 26.3 Å². The predicted octanol–water partition coefficient (Wildman–Crippen LogP) is -0.288. The molecule has 0 unspecified atom stereocenters. The van der Waals surface area contributed by atoms with Crippen LogP contribution in [0.15, 0.2) is 0 Å². The van der Waals surface area contributed by atoms with Gasteiger partial charge in [-0.25, -0.2) is 0 Å². The molecule has 0 saturated carbocycles. The largest absolute Gasteiger partial charge is 0.381 e. The first-order chi connectivity index (χ1) is 5.41. The molecule has 0 aliphatic heterocycles. The average molecular weight is 168 g/mol. The summed E-state index contributed by atoms with van der Waals surface area (Å²) in [6.07, 6.45) is 0. The number of amidine groups is 1. The van der Waals surface area contributed by atoms with E-state index in [9.17, 15) is 0 Å². The second kappa shape index (κ2) is 2.54. The van der Waals surface area contributed by atoms with Crippen molar-refractivity contribution < 1.29 is 0 Å². The minimum absolute atomic E-state index is 0.162. The normalized spacial score (nSPS) is 11.6. The number of hydrogen-bond donors (Lipinski definition) is 2. The van der Waals surface area contributed by atoms with Crippen LogP contribution in [-0.4, -0.2) is 26.0 Å². The maximum atomic E-state index is 7.05. The van der Waals surface area contributed by atoms with Gasteiger partial charge in [-0.1, -0.05) is 0 Å². The summed E-state index contributed by atoms with van der Waals surface area (Å²) in [6.45, 7) is 5.83. The zero-order chi connectivity index (χ0) is 9.35. The lowest BCUT2D eigenvalue weighted by Crippen LogP contribution is -2.25. The van der Waals surface area contributed by atoms with Crippen LogP contribution in [0.25, 0.3) is 0 Å². The highest BCUT2D eigenvalue weighted by molar-refractivity contribution is 5.90. The molecule has 1 heterocycles. The molecule has 0 radical (unpaired) electrons. The Morgan fingerprint density at radius 2 is 2.08 bits per heavy atom. The van der Waals surface area contributed by atoms with Gasteiger partial charge in [-0.2, -0.15) is 4.80 Å². The lowest BCUT2D eigenvalue weighted by Gasteiger charge is -2.15. The van der Waals surface area contributed by atoms with Crippen molar-refractivity contribution >= 4 is 5.84 Å². The highest BCUT2D eigenvalue weighted by atomic mass is 15.6. The van der Waals surface area contributed by atoms with E-state index in [2.05, 4.69) is 15.4 Å². The van der Waals surface area contributed by atoms with Crippen molar-refractivity contribution in [1.29, 1.82) is 5.41 Å². The summed E-state index contributed by atoms with van der Waals surface area (Å²) >= 11 is 0. The van der Waals surface area contributed by atoms with Crippen LogP contribution in [0.2, 0.25) is 0 Å². The summed E-state index contributed by atoms with van der Waals surface area (Å²) in [5.74, 6) is 0.00965. The Morgan fingerprint density at radius 1 is 1.50 bits per heavy atom. The van der Waals surface area contributed by atoms with E-state index in [1.165, 1.54) is 4.80 Å². The van der Waals surface area contributed by atoms with Gasteiger partial charge in [-0.15, -0.1) is 10.2 Å². The predicted molar refractivity (Wildman–Crippen MR) is 43.8 cm³/mol. The summed E-state index contributed by atoms with van der Waals surface area (Å²) < 4.78 is 0. The molecular formula is C6H12N6. The average Bonchev–Trinajstić information content (AvgIpc) is 2.30. The van der Waals surface area contributed by atoms with Gasteiger partial charge in [0.05, 0.1) is 5.54 Å². The van der Waals surface area contributed by atoms with Crippen molar-refractivity contribution in [1.82, 2.24) is 20.2 Å². The first-order valence-corrected chi connectivity index (χ1v) is 3.56. The summed E-state index contributed by atoms with van der Waals surface area (Å²) in [6, 6.07) is 0. The van der Waals surface area contributed by atoms with E-state index in [1.54, 1.807) is 0 Å². The van der Waals surface area contributed by atoms with Crippen LogP contribution in [0.4, 0.5) is 0 Å². The fourth-order valence-corrected chi connectivity index (χ4v) is 0.606. The fourth-order valence-electron chi connectivity index (χ4n) is 0.606. The molecule has 6 nitrogen and oxygen atoms in total. The number of hydrogen-bond acceptors (Lipinski definition) is 4. The number of nitrogen functional groups attached to an aromatic ring is 1. The maximum absolute atomic E-state index is 7.05. The summed E-state index contributed by atoms with van der Waals surface area (Å²) in [5.41, 5.74) is 4.95. The van der Waals surface area contributed by atoms with E-state index in [4.69, 9.17) is 11.1 Å². The van der Waals surface area contributed by atoms with Crippen molar-refractivity contribution in [3.05, 3.63) is 5.82 Å². The van der Waals surface area contributed by atoms with Crippen LogP contribution in [-0.2, 0) is 5.54 Å². The molecule has 12 heavy (non-hydrogen) atoms. The van der Waals surface area contributed by atoms with Crippen LogP contribution in [0, 0.1) is 5.41 Å². The van der Waals surface area contributed by atoms with Crippen LogP contribution >= 0.6 is 0 Å². The van der Waals surface area contributed by atoms with Crippen molar-refractivity contribution in [2.75, 3.05) is 0 Å². The van der Waals surface area contributed by atoms with Crippen LogP contribution in [0.5, 0.6) is 0 Å². The van der Waals surface area contributed by atoms with Crippen molar-refractivity contribution in [3.8, 4) is 0 Å². The van der Waals surface area contributed by atoms with E-state index in [-0.39, 0.29) is 17.2 Å². The zero-order valence-electron chi connectivity index (χ0n) is 7.37. The minimum Gasteiger partial charge on any atom is -0.381 e. The Morgan fingerprint density at radius 3 is 2.33 bits per heavy atom. The standard InChI is InChI=1S/C6H12N6/c1-6(2,3)12-10-5(4(7)8)9-11-12/h1-3H3,(H3,7,8). The molecular weight excluding hydrogens is 156 g/mol. The monoisotopic (exact) mass is 168 g/mol. The lowest BCUT2D eigenvalue weighted by atomic mass is 10.1. The quantitative estimate of drug-likeness (QED) is 0.445. The molecule has 0 bridgehead atoms. The van der Waals surface area contributed by atoms with Crippen molar-refractivity contribution in [3.63, 3.8) is 0 Å². The molecule has 0 spiro atoms. The molecule has 1 aromatic heterocycles. The fraction of sp³-hybridized carbons (Fsp3) is 0.667. The third-order valence-electron chi connectivity index (χ3n) is 1.25. The zero-order valence-corrected chi connectivity index (χ0v) is 7.37. The SMILES string of the molecule is CC(C)(C)n1nnc(C(=N)N)n1. The van der Waals surface area contributed by atoms with E-state index in [0.717, 1.165) is 0 Å². The number of nitrogens with zero attached hydrogens (tertiary/aromatic N) is 4.